The van der Waals surface area contributed by atoms with Gasteiger partial charge in [0.25, 0.3) is 0 Å². The van der Waals surface area contributed by atoms with Crippen LogP contribution in [-0.4, -0.2) is 26.5 Å². The van der Waals surface area contributed by atoms with Gasteiger partial charge in [-0.05, 0) is 31.0 Å². The van der Waals surface area contributed by atoms with Crippen LogP contribution < -0.4 is 11.2 Å². The second-order valence-electron chi connectivity index (χ2n) is 6.57. The number of benzene rings is 1. The molecule has 3 N–H and O–H groups in total. The molecule has 1 aromatic heterocycles. The van der Waals surface area contributed by atoms with Crippen LogP contribution in [0.5, 0.6) is 0 Å². The van der Waals surface area contributed by atoms with Crippen LogP contribution in [0.2, 0.25) is 5.02 Å². The monoisotopic (exact) mass is 433 g/mol. The molecule has 2 aromatic rings. The van der Waals surface area contributed by atoms with Crippen molar-refractivity contribution in [2.24, 2.45) is 0 Å². The lowest BCUT2D eigenvalue weighted by atomic mass is 9.89. The van der Waals surface area contributed by atoms with Crippen LogP contribution in [0.1, 0.15) is 49.4 Å². The Morgan fingerprint density at radius 1 is 1.29 bits per heavy atom. The molecule has 1 fully saturated rings. The molecule has 152 valence electrons. The van der Waals surface area contributed by atoms with Crippen LogP contribution in [0, 0.1) is 0 Å². The zero-order valence-corrected chi connectivity index (χ0v) is 16.4. The number of anilines is 1. The second-order valence-corrected chi connectivity index (χ2v) is 7.92. The molecule has 1 saturated carbocycles. The average Bonchev–Trinajstić information content (AvgIpc) is 3.02. The lowest BCUT2D eigenvalue weighted by Crippen LogP contribution is -2.20. The number of aromatic nitrogens is 3. The summed E-state index contributed by atoms with van der Waals surface area (Å²) in [6.45, 7) is 0. The number of hydrogen-bond donors (Lipinski definition) is 2. The Labute approximate surface area is 169 Å². The molecule has 0 unspecified atom stereocenters. The Hall–Kier alpha value is -1.94. The molecule has 6 nitrogen and oxygen atoms in total. The summed E-state index contributed by atoms with van der Waals surface area (Å²) >= 11 is 6.95. The predicted molar refractivity (Wildman–Crippen MR) is 102 cm³/mol. The van der Waals surface area contributed by atoms with E-state index in [0.717, 1.165) is 55.6 Å². The van der Waals surface area contributed by atoms with E-state index < -0.39 is 17.6 Å². The number of rotatable bonds is 5. The fourth-order valence-electron chi connectivity index (χ4n) is 3.14. The highest BCUT2D eigenvalue weighted by atomic mass is 35.5. The number of alkyl halides is 3. The van der Waals surface area contributed by atoms with Crippen LogP contribution in [0.4, 0.5) is 18.9 Å². The van der Waals surface area contributed by atoms with E-state index in [2.05, 4.69) is 15.5 Å². The van der Waals surface area contributed by atoms with Gasteiger partial charge in [0.05, 0.1) is 22.0 Å². The number of thioether (sulfide) groups is 1. The number of nitrogens with zero attached hydrogens (tertiary/aromatic N) is 3. The maximum atomic E-state index is 12.8. The molecule has 0 aliphatic heterocycles. The third kappa shape index (κ3) is 4.91. The highest BCUT2D eigenvalue weighted by Crippen LogP contribution is 2.34. The van der Waals surface area contributed by atoms with Crippen LogP contribution in [-0.2, 0) is 11.0 Å². The van der Waals surface area contributed by atoms with E-state index in [1.54, 1.807) is 0 Å². The Morgan fingerprint density at radius 2 is 2.00 bits per heavy atom. The zero-order valence-electron chi connectivity index (χ0n) is 14.8. The summed E-state index contributed by atoms with van der Waals surface area (Å²) < 4.78 is 39.8. The highest BCUT2D eigenvalue weighted by Gasteiger charge is 2.31. The van der Waals surface area contributed by atoms with E-state index in [1.165, 1.54) is 11.1 Å². The van der Waals surface area contributed by atoms with E-state index in [1.807, 2.05) is 0 Å². The number of nitrogen functional groups attached to an aromatic ring is 1. The Bertz CT molecular complexity index is 852. The third-order valence-corrected chi connectivity index (χ3v) is 5.83. The minimum absolute atomic E-state index is 0.0212. The molecular weight excluding hydrogens is 415 g/mol. The summed E-state index contributed by atoms with van der Waals surface area (Å²) in [5.74, 6) is 6.41. The average molecular weight is 434 g/mol. The Balaban J connectivity index is 1.61. The molecule has 0 spiro atoms. The minimum atomic E-state index is -4.52. The van der Waals surface area contributed by atoms with Crippen LogP contribution >= 0.6 is 23.4 Å². The van der Waals surface area contributed by atoms with Gasteiger partial charge in [-0.3, -0.25) is 4.79 Å². The van der Waals surface area contributed by atoms with Crippen molar-refractivity contribution in [3.8, 4) is 0 Å². The standard InChI is InChI=1S/C17H19ClF3N5OS/c18-12-7-6-11(17(19,20)21)8-13(12)23-14(27)9-28-16-25-24-15(26(16)22)10-4-2-1-3-5-10/h6-8,10H,1-5,9,22H2,(H,23,27). The van der Waals surface area contributed by atoms with Gasteiger partial charge in [-0.15, -0.1) is 10.2 Å². The summed E-state index contributed by atoms with van der Waals surface area (Å²) in [5, 5.41) is 11.0. The quantitative estimate of drug-likeness (QED) is 0.537. The van der Waals surface area contributed by atoms with E-state index in [9.17, 15) is 18.0 Å². The van der Waals surface area contributed by atoms with Gasteiger partial charge in [0, 0.05) is 5.92 Å². The molecule has 0 atom stereocenters. The summed E-state index contributed by atoms with van der Waals surface area (Å²) in [7, 11) is 0. The maximum Gasteiger partial charge on any atom is 0.416 e. The molecule has 1 heterocycles. The fraction of sp³-hybridized carbons (Fsp3) is 0.471. The third-order valence-electron chi connectivity index (χ3n) is 4.56. The molecule has 0 saturated heterocycles. The molecule has 1 aliphatic carbocycles. The van der Waals surface area contributed by atoms with Gasteiger partial charge in [-0.2, -0.15) is 13.2 Å². The molecule has 0 bridgehead atoms. The van der Waals surface area contributed by atoms with Crippen LogP contribution in [0.25, 0.3) is 0 Å². The summed E-state index contributed by atoms with van der Waals surface area (Å²) in [5.41, 5.74) is -0.988. The SMILES string of the molecule is Nn1c(SCC(=O)Nc2cc(C(F)(F)F)ccc2Cl)nnc1C1CCCCC1. The first-order valence-corrected chi connectivity index (χ1v) is 10.1. The minimum Gasteiger partial charge on any atom is -0.336 e. The number of halogens is 4. The number of hydrogen-bond acceptors (Lipinski definition) is 5. The molecule has 11 heteroatoms. The zero-order chi connectivity index (χ0) is 20.3. The van der Waals surface area contributed by atoms with Gasteiger partial charge >= 0.3 is 6.18 Å². The highest BCUT2D eigenvalue weighted by molar-refractivity contribution is 7.99. The molecule has 0 radical (unpaired) electrons. The molecule has 3 rings (SSSR count). The van der Waals surface area contributed by atoms with Crippen molar-refractivity contribution in [2.45, 2.75) is 49.4 Å². The van der Waals surface area contributed by atoms with Crippen LogP contribution in [0.15, 0.2) is 23.4 Å². The topological polar surface area (TPSA) is 85.8 Å². The van der Waals surface area contributed by atoms with Gasteiger partial charge in [0.2, 0.25) is 11.1 Å². The molecule has 1 aliphatic rings. The summed E-state index contributed by atoms with van der Waals surface area (Å²) in [6, 6.07) is 2.76. The molecule has 1 amide bonds. The van der Waals surface area contributed by atoms with Gasteiger partial charge in [0.15, 0.2) is 5.82 Å². The summed E-state index contributed by atoms with van der Waals surface area (Å²) in [4.78, 5) is 12.1. The van der Waals surface area contributed by atoms with Gasteiger partial charge in [0.1, 0.15) is 0 Å². The second kappa shape index (κ2) is 8.60. The predicted octanol–water partition coefficient (Wildman–Crippen LogP) is 4.44. The number of nitrogens with two attached hydrogens (primary N) is 1. The van der Waals surface area contributed by atoms with Crippen molar-refractivity contribution in [1.29, 1.82) is 0 Å². The van der Waals surface area contributed by atoms with E-state index in [4.69, 9.17) is 17.4 Å². The lowest BCUT2D eigenvalue weighted by molar-refractivity contribution is -0.137. The van der Waals surface area contributed by atoms with E-state index >= 15 is 0 Å². The fourth-order valence-corrected chi connectivity index (χ4v) is 3.97. The first-order chi connectivity index (χ1) is 13.3. The van der Waals surface area contributed by atoms with Crippen molar-refractivity contribution in [3.63, 3.8) is 0 Å². The Morgan fingerprint density at radius 3 is 2.68 bits per heavy atom. The lowest BCUT2D eigenvalue weighted by Gasteiger charge is -2.20. The van der Waals surface area contributed by atoms with Crippen molar-refractivity contribution in [2.75, 3.05) is 16.9 Å². The van der Waals surface area contributed by atoms with Gasteiger partial charge < -0.3 is 11.2 Å². The van der Waals surface area contributed by atoms with Gasteiger partial charge in [-0.1, -0.05) is 42.6 Å². The first kappa shape index (κ1) is 20.8. The number of amides is 1. The smallest absolute Gasteiger partial charge is 0.336 e. The number of nitrogens with one attached hydrogen (secondary N) is 1. The van der Waals surface area contributed by atoms with Crippen molar-refractivity contribution in [3.05, 3.63) is 34.6 Å². The Kier molecular flexibility index (Phi) is 6.39. The largest absolute Gasteiger partial charge is 0.416 e. The first-order valence-electron chi connectivity index (χ1n) is 8.75. The molecule has 1 aromatic carbocycles. The van der Waals surface area contributed by atoms with Crippen molar-refractivity contribution < 1.29 is 18.0 Å². The van der Waals surface area contributed by atoms with E-state index in [0.29, 0.717) is 11.0 Å². The van der Waals surface area contributed by atoms with Gasteiger partial charge in [-0.25, -0.2) is 4.68 Å². The normalized spacial score (nSPS) is 15.6. The van der Waals surface area contributed by atoms with E-state index in [-0.39, 0.29) is 22.4 Å². The molecular formula is C17H19ClF3N5OS. The maximum absolute atomic E-state index is 12.8. The molecule has 28 heavy (non-hydrogen) atoms. The van der Waals surface area contributed by atoms with Crippen LogP contribution in [0.3, 0.4) is 0 Å². The van der Waals surface area contributed by atoms with Crippen molar-refractivity contribution >= 4 is 35.0 Å². The number of carbonyl (C=O) groups is 1. The summed E-state index contributed by atoms with van der Waals surface area (Å²) in [6.07, 6.45) is 0.947. The van der Waals surface area contributed by atoms with Crippen molar-refractivity contribution in [1.82, 2.24) is 14.9 Å². The number of carbonyl (C=O) groups excluding carboxylic acids is 1.